The molecule has 1 saturated heterocycles. The van der Waals surface area contributed by atoms with Crippen LogP contribution in [-0.4, -0.2) is 26.4 Å². The maximum absolute atomic E-state index is 5.91. The Kier molecular flexibility index (Phi) is 6.97. The molecule has 4 nitrogen and oxygen atoms in total. The third kappa shape index (κ3) is 5.73. The van der Waals surface area contributed by atoms with Crippen molar-refractivity contribution >= 4 is 0 Å². The molecule has 1 atom stereocenters. The normalized spacial score (nSPS) is 16.9. The lowest BCUT2D eigenvalue weighted by atomic mass is 9.87. The lowest BCUT2D eigenvalue weighted by Crippen LogP contribution is -2.17. The molecule has 152 valence electrons. The van der Waals surface area contributed by atoms with Gasteiger partial charge in [-0.1, -0.05) is 51.1 Å². The lowest BCUT2D eigenvalue weighted by Gasteiger charge is -2.19. The van der Waals surface area contributed by atoms with Gasteiger partial charge in [-0.15, -0.1) is 0 Å². The highest BCUT2D eigenvalue weighted by molar-refractivity contribution is 5.43. The van der Waals surface area contributed by atoms with Crippen LogP contribution in [0.1, 0.15) is 50.3 Å². The third-order valence-electron chi connectivity index (χ3n) is 5.15. The summed E-state index contributed by atoms with van der Waals surface area (Å²) in [6.07, 6.45) is 2.39. The molecule has 1 heterocycles. The Balaban J connectivity index is 1.51. The number of nitrogens with one attached hydrogen (secondary N) is 1. The van der Waals surface area contributed by atoms with E-state index in [0.717, 1.165) is 44.0 Å². The van der Waals surface area contributed by atoms with Crippen molar-refractivity contribution in [2.45, 2.75) is 58.2 Å². The van der Waals surface area contributed by atoms with Crippen LogP contribution in [0.2, 0.25) is 0 Å². The van der Waals surface area contributed by atoms with Crippen molar-refractivity contribution in [3.8, 4) is 11.5 Å². The van der Waals surface area contributed by atoms with Gasteiger partial charge in [-0.3, -0.25) is 0 Å². The number of benzene rings is 2. The van der Waals surface area contributed by atoms with Crippen molar-refractivity contribution < 1.29 is 14.2 Å². The summed E-state index contributed by atoms with van der Waals surface area (Å²) in [6, 6.07) is 15.0. The van der Waals surface area contributed by atoms with E-state index in [1.807, 2.05) is 12.1 Å². The molecule has 0 amide bonds. The molecule has 1 fully saturated rings. The van der Waals surface area contributed by atoms with E-state index in [1.54, 1.807) is 7.11 Å². The second-order valence-corrected chi connectivity index (χ2v) is 8.48. The molecule has 0 saturated carbocycles. The molecule has 1 aliphatic heterocycles. The first-order valence-electron chi connectivity index (χ1n) is 10.2. The monoisotopic (exact) mass is 383 g/mol. The highest BCUT2D eigenvalue weighted by Crippen LogP contribution is 2.29. The number of hydrogen-bond acceptors (Lipinski definition) is 4. The van der Waals surface area contributed by atoms with E-state index in [9.17, 15) is 0 Å². The van der Waals surface area contributed by atoms with Crippen LogP contribution < -0.4 is 14.8 Å². The maximum Gasteiger partial charge on any atom is 0.161 e. The average molecular weight is 384 g/mol. The van der Waals surface area contributed by atoms with Crippen LogP contribution in [0, 0.1) is 0 Å². The van der Waals surface area contributed by atoms with Gasteiger partial charge in [0.1, 0.15) is 6.61 Å². The minimum absolute atomic E-state index is 0.191. The third-order valence-corrected chi connectivity index (χ3v) is 5.15. The van der Waals surface area contributed by atoms with Gasteiger partial charge in [-0.05, 0) is 47.1 Å². The van der Waals surface area contributed by atoms with Gasteiger partial charge >= 0.3 is 0 Å². The van der Waals surface area contributed by atoms with Gasteiger partial charge in [0.05, 0.1) is 13.2 Å². The second-order valence-electron chi connectivity index (χ2n) is 8.48. The van der Waals surface area contributed by atoms with Crippen LogP contribution in [0.4, 0.5) is 0 Å². The van der Waals surface area contributed by atoms with Gasteiger partial charge in [0.15, 0.2) is 11.5 Å². The predicted molar refractivity (Wildman–Crippen MR) is 113 cm³/mol. The molecule has 1 unspecified atom stereocenters. The van der Waals surface area contributed by atoms with E-state index >= 15 is 0 Å². The molecule has 0 aromatic heterocycles. The molecule has 2 aromatic carbocycles. The fourth-order valence-electron chi connectivity index (χ4n) is 3.37. The fourth-order valence-corrected chi connectivity index (χ4v) is 3.37. The van der Waals surface area contributed by atoms with Crippen molar-refractivity contribution in [3.05, 3.63) is 59.2 Å². The van der Waals surface area contributed by atoms with Gasteiger partial charge < -0.3 is 19.5 Å². The van der Waals surface area contributed by atoms with Gasteiger partial charge in [-0.2, -0.15) is 0 Å². The Morgan fingerprint density at radius 2 is 1.71 bits per heavy atom. The van der Waals surface area contributed by atoms with Crippen LogP contribution in [0.5, 0.6) is 11.5 Å². The molecular weight excluding hydrogens is 350 g/mol. The Hall–Kier alpha value is -2.04. The highest BCUT2D eigenvalue weighted by Gasteiger charge is 2.17. The summed E-state index contributed by atoms with van der Waals surface area (Å²) in [5, 5.41) is 3.51. The number of rotatable bonds is 8. The summed E-state index contributed by atoms with van der Waals surface area (Å²) in [7, 11) is 1.68. The van der Waals surface area contributed by atoms with Crippen LogP contribution >= 0.6 is 0 Å². The minimum atomic E-state index is 0.191. The molecule has 2 aromatic rings. The van der Waals surface area contributed by atoms with E-state index in [1.165, 1.54) is 16.7 Å². The van der Waals surface area contributed by atoms with E-state index in [4.69, 9.17) is 14.2 Å². The molecule has 1 N–H and O–H groups in total. The zero-order valence-corrected chi connectivity index (χ0v) is 17.6. The van der Waals surface area contributed by atoms with Gasteiger partial charge in [0, 0.05) is 19.7 Å². The predicted octanol–water partition coefficient (Wildman–Crippen LogP) is 4.84. The molecule has 0 bridgehead atoms. The van der Waals surface area contributed by atoms with Crippen LogP contribution in [0.3, 0.4) is 0 Å². The van der Waals surface area contributed by atoms with Crippen molar-refractivity contribution in [2.75, 3.05) is 20.3 Å². The Labute approximate surface area is 169 Å². The first-order valence-corrected chi connectivity index (χ1v) is 10.2. The van der Waals surface area contributed by atoms with Crippen LogP contribution in [0.25, 0.3) is 0 Å². The van der Waals surface area contributed by atoms with Crippen LogP contribution in [-0.2, 0) is 23.2 Å². The topological polar surface area (TPSA) is 39.7 Å². The smallest absolute Gasteiger partial charge is 0.161 e. The highest BCUT2D eigenvalue weighted by atomic mass is 16.5. The van der Waals surface area contributed by atoms with E-state index < -0.39 is 0 Å². The molecule has 4 heteroatoms. The van der Waals surface area contributed by atoms with E-state index in [0.29, 0.717) is 6.61 Å². The standard InChI is InChI=1S/C24H33NO3/c1-24(2,3)20-10-7-18(8-11-20)15-25-16-19-9-12-22(23(14-19)26-4)28-17-21-6-5-13-27-21/h7-12,14,21,25H,5-6,13,15-17H2,1-4H3. The van der Waals surface area contributed by atoms with Gasteiger partial charge in [0.25, 0.3) is 0 Å². The number of methoxy groups -OCH3 is 1. The number of hydrogen-bond donors (Lipinski definition) is 1. The van der Waals surface area contributed by atoms with Crippen molar-refractivity contribution in [1.82, 2.24) is 5.32 Å². The summed E-state index contributed by atoms with van der Waals surface area (Å²) >= 11 is 0. The minimum Gasteiger partial charge on any atom is -0.493 e. The molecule has 28 heavy (non-hydrogen) atoms. The molecule has 0 radical (unpaired) electrons. The van der Waals surface area contributed by atoms with Gasteiger partial charge in [-0.25, -0.2) is 0 Å². The molecule has 1 aliphatic rings. The Morgan fingerprint density at radius 1 is 1.00 bits per heavy atom. The molecular formula is C24H33NO3. The van der Waals surface area contributed by atoms with Crippen LogP contribution in [0.15, 0.2) is 42.5 Å². The second kappa shape index (κ2) is 9.44. The van der Waals surface area contributed by atoms with Gasteiger partial charge in [0.2, 0.25) is 0 Å². The SMILES string of the molecule is COc1cc(CNCc2ccc(C(C)(C)C)cc2)ccc1OCC1CCCO1. The Bertz CT molecular complexity index is 743. The summed E-state index contributed by atoms with van der Waals surface area (Å²) in [6.45, 7) is 9.76. The summed E-state index contributed by atoms with van der Waals surface area (Å²) < 4.78 is 17.0. The molecule has 3 rings (SSSR count). The molecule has 0 aliphatic carbocycles. The quantitative estimate of drug-likeness (QED) is 0.708. The van der Waals surface area contributed by atoms with Crippen molar-refractivity contribution in [3.63, 3.8) is 0 Å². The zero-order valence-electron chi connectivity index (χ0n) is 17.6. The zero-order chi connectivity index (χ0) is 20.0. The average Bonchev–Trinajstić information content (AvgIpc) is 3.20. The maximum atomic E-state index is 5.91. The number of ether oxygens (including phenoxy) is 3. The largest absolute Gasteiger partial charge is 0.493 e. The fraction of sp³-hybridized carbons (Fsp3) is 0.500. The van der Waals surface area contributed by atoms with E-state index in [-0.39, 0.29) is 11.5 Å². The van der Waals surface area contributed by atoms with E-state index in [2.05, 4.69) is 56.4 Å². The molecule has 0 spiro atoms. The summed E-state index contributed by atoms with van der Waals surface area (Å²) in [4.78, 5) is 0. The lowest BCUT2D eigenvalue weighted by molar-refractivity contribution is 0.0669. The first-order chi connectivity index (χ1) is 13.5. The Morgan fingerprint density at radius 3 is 2.36 bits per heavy atom. The van der Waals surface area contributed by atoms with Crippen molar-refractivity contribution in [2.24, 2.45) is 0 Å². The summed E-state index contributed by atoms with van der Waals surface area (Å²) in [5.74, 6) is 1.55. The summed E-state index contributed by atoms with van der Waals surface area (Å²) in [5.41, 5.74) is 4.01. The first kappa shape index (κ1) is 20.7. The van der Waals surface area contributed by atoms with Crippen molar-refractivity contribution in [1.29, 1.82) is 0 Å².